The minimum Gasteiger partial charge on any atom is -0.327 e. The molecule has 0 radical (unpaired) electrons. The zero-order valence-electron chi connectivity index (χ0n) is 13.4. The van der Waals surface area contributed by atoms with Crippen LogP contribution in [0.5, 0.6) is 0 Å². The topological polar surface area (TPSA) is 37.6 Å². The van der Waals surface area contributed by atoms with Gasteiger partial charge in [0.1, 0.15) is 5.65 Å². The first-order chi connectivity index (χ1) is 11.0. The summed E-state index contributed by atoms with van der Waals surface area (Å²) in [5, 5.41) is 0. The summed E-state index contributed by atoms with van der Waals surface area (Å²) < 4.78 is 16.1. The van der Waals surface area contributed by atoms with Crippen LogP contribution in [0.1, 0.15) is 35.9 Å². The highest BCUT2D eigenvalue weighted by molar-refractivity contribution is 5.94. The van der Waals surface area contributed by atoms with Gasteiger partial charge in [-0.05, 0) is 38.8 Å². The molecule has 2 aromatic rings. The van der Waals surface area contributed by atoms with E-state index >= 15 is 0 Å². The molecule has 0 unspecified atom stereocenters. The number of rotatable bonds is 3. The van der Waals surface area contributed by atoms with E-state index in [4.69, 9.17) is 0 Å². The number of aromatic nitrogens is 2. The molecule has 0 N–H and O–H groups in total. The first kappa shape index (κ1) is 15.5. The van der Waals surface area contributed by atoms with Crippen molar-refractivity contribution in [3.8, 4) is 0 Å². The second-order valence-electron chi connectivity index (χ2n) is 5.91. The molecule has 0 saturated heterocycles. The Morgan fingerprint density at radius 2 is 2.30 bits per heavy atom. The van der Waals surface area contributed by atoms with Crippen molar-refractivity contribution in [3.63, 3.8) is 0 Å². The molecular weight excluding hydrogens is 293 g/mol. The van der Waals surface area contributed by atoms with E-state index in [1.54, 1.807) is 36.1 Å². The monoisotopic (exact) mass is 313 g/mol. The first-order valence-corrected chi connectivity index (χ1v) is 7.78. The Bertz CT molecular complexity index is 793. The van der Waals surface area contributed by atoms with Crippen molar-refractivity contribution in [2.24, 2.45) is 0 Å². The van der Waals surface area contributed by atoms with Gasteiger partial charge in [-0.2, -0.15) is 4.39 Å². The molecule has 0 spiro atoms. The molecule has 1 aliphatic rings. The number of amides is 1. The van der Waals surface area contributed by atoms with Crippen LogP contribution in [0.4, 0.5) is 4.39 Å². The maximum Gasteiger partial charge on any atom is 0.278 e. The van der Waals surface area contributed by atoms with Crippen molar-refractivity contribution < 1.29 is 9.18 Å². The third kappa shape index (κ3) is 2.56. The van der Waals surface area contributed by atoms with E-state index in [9.17, 15) is 9.18 Å². The lowest BCUT2D eigenvalue weighted by atomic mass is 10.00. The highest BCUT2D eigenvalue weighted by atomic mass is 19.1. The van der Waals surface area contributed by atoms with Crippen LogP contribution >= 0.6 is 0 Å². The molecule has 3 heterocycles. The Morgan fingerprint density at radius 1 is 1.52 bits per heavy atom. The Balaban J connectivity index is 2.05. The standard InChI is InChI=1S/C18H20FN3O/c1-4-7-14-10-5-8-12(2)21(14)18(23)16-17(19)22-13(3)9-6-11-15(22)20-16/h4-6,8-9,11-12,14H,1,7,10H2,2-3H3/t12-,14-/m1/s1. The first-order valence-electron chi connectivity index (χ1n) is 7.78. The number of aryl methyl sites for hydroxylation is 1. The fourth-order valence-corrected chi connectivity index (χ4v) is 3.20. The van der Waals surface area contributed by atoms with Crippen molar-refractivity contribution in [2.45, 2.75) is 38.8 Å². The summed E-state index contributed by atoms with van der Waals surface area (Å²) >= 11 is 0. The van der Waals surface area contributed by atoms with Crippen molar-refractivity contribution >= 4 is 11.6 Å². The SMILES string of the molecule is C=CC[C@@H]1CC=C[C@@H](C)N1C(=O)c1nc2cccc(C)n2c1F. The largest absolute Gasteiger partial charge is 0.327 e. The summed E-state index contributed by atoms with van der Waals surface area (Å²) in [7, 11) is 0. The molecule has 4 nitrogen and oxygen atoms in total. The van der Waals surface area contributed by atoms with E-state index in [2.05, 4.69) is 17.6 Å². The zero-order chi connectivity index (χ0) is 16.6. The molecule has 3 rings (SSSR count). The normalized spacial score (nSPS) is 20.9. The van der Waals surface area contributed by atoms with Gasteiger partial charge in [0.05, 0.1) is 0 Å². The predicted octanol–water partition coefficient (Wildman–Crippen LogP) is 3.52. The predicted molar refractivity (Wildman–Crippen MR) is 87.9 cm³/mol. The van der Waals surface area contributed by atoms with Gasteiger partial charge in [-0.3, -0.25) is 9.20 Å². The van der Waals surface area contributed by atoms with E-state index < -0.39 is 5.95 Å². The molecule has 0 aromatic carbocycles. The quantitative estimate of drug-likeness (QED) is 0.813. The maximum absolute atomic E-state index is 14.8. The van der Waals surface area contributed by atoms with Gasteiger partial charge in [0.15, 0.2) is 5.69 Å². The minimum atomic E-state index is -0.595. The molecule has 0 aliphatic carbocycles. The van der Waals surface area contributed by atoms with Crippen LogP contribution in [-0.2, 0) is 0 Å². The molecule has 2 atom stereocenters. The summed E-state index contributed by atoms with van der Waals surface area (Å²) in [5.74, 6) is -0.962. The number of carbonyl (C=O) groups is 1. The van der Waals surface area contributed by atoms with Gasteiger partial charge in [0.25, 0.3) is 5.91 Å². The second-order valence-corrected chi connectivity index (χ2v) is 5.91. The zero-order valence-corrected chi connectivity index (χ0v) is 13.4. The highest BCUT2D eigenvalue weighted by Crippen LogP contribution is 2.24. The van der Waals surface area contributed by atoms with E-state index in [1.807, 2.05) is 13.0 Å². The lowest BCUT2D eigenvalue weighted by Crippen LogP contribution is -2.47. The van der Waals surface area contributed by atoms with Gasteiger partial charge < -0.3 is 4.90 Å². The molecule has 0 fully saturated rings. The van der Waals surface area contributed by atoms with E-state index in [-0.39, 0.29) is 23.7 Å². The Hall–Kier alpha value is -2.43. The molecule has 0 saturated carbocycles. The van der Waals surface area contributed by atoms with Gasteiger partial charge in [-0.1, -0.05) is 24.3 Å². The average molecular weight is 313 g/mol. The van der Waals surface area contributed by atoms with Gasteiger partial charge in [0, 0.05) is 17.8 Å². The molecule has 2 aromatic heterocycles. The molecule has 0 bridgehead atoms. The number of carbonyl (C=O) groups excluding carboxylic acids is 1. The second kappa shape index (κ2) is 5.99. The molecular formula is C18H20FN3O. The van der Waals surface area contributed by atoms with Crippen LogP contribution < -0.4 is 0 Å². The van der Waals surface area contributed by atoms with Crippen LogP contribution in [0.15, 0.2) is 43.0 Å². The molecule has 120 valence electrons. The summed E-state index contributed by atoms with van der Waals surface area (Å²) in [6.07, 6.45) is 7.24. The van der Waals surface area contributed by atoms with Gasteiger partial charge in [-0.15, -0.1) is 6.58 Å². The van der Waals surface area contributed by atoms with E-state index in [1.165, 1.54) is 4.40 Å². The van der Waals surface area contributed by atoms with Crippen molar-refractivity contribution in [1.29, 1.82) is 0 Å². The lowest BCUT2D eigenvalue weighted by molar-refractivity contribution is 0.0611. The molecule has 23 heavy (non-hydrogen) atoms. The summed E-state index contributed by atoms with van der Waals surface area (Å²) in [4.78, 5) is 18.9. The summed E-state index contributed by atoms with van der Waals surface area (Å²) in [6, 6.07) is 5.20. The number of hydrogen-bond acceptors (Lipinski definition) is 2. The third-order valence-corrected chi connectivity index (χ3v) is 4.31. The van der Waals surface area contributed by atoms with Gasteiger partial charge in [-0.25, -0.2) is 4.98 Å². The van der Waals surface area contributed by atoms with Crippen LogP contribution in [0.3, 0.4) is 0 Å². The van der Waals surface area contributed by atoms with E-state index in [0.29, 0.717) is 17.8 Å². The Labute approximate surface area is 134 Å². The summed E-state index contributed by atoms with van der Waals surface area (Å²) in [6.45, 7) is 7.48. The van der Waals surface area contributed by atoms with Crippen LogP contribution in [0.2, 0.25) is 0 Å². The van der Waals surface area contributed by atoms with E-state index in [0.717, 1.165) is 6.42 Å². The van der Waals surface area contributed by atoms with Crippen molar-refractivity contribution in [1.82, 2.24) is 14.3 Å². The maximum atomic E-state index is 14.8. The van der Waals surface area contributed by atoms with Crippen molar-refractivity contribution in [2.75, 3.05) is 0 Å². The van der Waals surface area contributed by atoms with Crippen molar-refractivity contribution in [3.05, 3.63) is 60.3 Å². The Morgan fingerprint density at radius 3 is 3.00 bits per heavy atom. The van der Waals surface area contributed by atoms with Gasteiger partial charge in [0.2, 0.25) is 5.95 Å². The smallest absolute Gasteiger partial charge is 0.278 e. The number of pyridine rings is 1. The number of nitrogens with zero attached hydrogens (tertiary/aromatic N) is 3. The third-order valence-electron chi connectivity index (χ3n) is 4.31. The highest BCUT2D eigenvalue weighted by Gasteiger charge is 2.33. The molecule has 1 aliphatic heterocycles. The number of fused-ring (bicyclic) bond motifs is 1. The van der Waals surface area contributed by atoms with Gasteiger partial charge >= 0.3 is 0 Å². The Kier molecular flexibility index (Phi) is 4.03. The fourth-order valence-electron chi connectivity index (χ4n) is 3.20. The van der Waals surface area contributed by atoms with Crippen LogP contribution in [-0.4, -0.2) is 32.3 Å². The minimum absolute atomic E-state index is 0.00897. The van der Waals surface area contributed by atoms with Crippen LogP contribution in [0.25, 0.3) is 5.65 Å². The number of imidazole rings is 1. The lowest BCUT2D eigenvalue weighted by Gasteiger charge is -2.37. The summed E-state index contributed by atoms with van der Waals surface area (Å²) in [5.41, 5.74) is 1.04. The number of hydrogen-bond donors (Lipinski definition) is 0. The number of halogens is 1. The fraction of sp³-hybridized carbons (Fsp3) is 0.333. The average Bonchev–Trinajstić information content (AvgIpc) is 2.86. The molecule has 1 amide bonds. The van der Waals surface area contributed by atoms with Crippen LogP contribution in [0, 0.1) is 12.9 Å². The molecule has 5 heteroatoms.